The number of rotatable bonds is 5. The second kappa shape index (κ2) is 5.46. The fourth-order valence-electron chi connectivity index (χ4n) is 0.624. The van der Waals surface area contributed by atoms with Crippen LogP contribution < -0.4 is 0 Å². The van der Waals surface area contributed by atoms with E-state index in [1.807, 2.05) is 20.8 Å². The molecule has 0 saturated heterocycles. The van der Waals surface area contributed by atoms with Gasteiger partial charge in [-0.3, -0.25) is 0 Å². The first-order valence-corrected chi connectivity index (χ1v) is 5.23. The maximum absolute atomic E-state index is 11.2. The van der Waals surface area contributed by atoms with E-state index in [0.29, 0.717) is 5.57 Å². The van der Waals surface area contributed by atoms with Gasteiger partial charge in [-0.2, -0.15) is 0 Å². The van der Waals surface area contributed by atoms with E-state index in [4.69, 9.17) is 14.5 Å². The lowest BCUT2D eigenvalue weighted by Gasteiger charge is -2.27. The Labute approximate surface area is 97.5 Å². The molecule has 4 heteroatoms. The zero-order valence-electron chi connectivity index (χ0n) is 11.0. The lowest BCUT2D eigenvalue weighted by molar-refractivity contribution is -0.400. The van der Waals surface area contributed by atoms with Gasteiger partial charge in [-0.25, -0.2) is 14.6 Å². The molecule has 0 aromatic heterocycles. The lowest BCUT2D eigenvalue weighted by atomic mass is 10.1. The molecule has 0 aliphatic rings. The van der Waals surface area contributed by atoms with Crippen LogP contribution in [0.1, 0.15) is 41.5 Å². The highest BCUT2D eigenvalue weighted by Crippen LogP contribution is 2.16. The van der Waals surface area contributed by atoms with Crippen LogP contribution in [0.5, 0.6) is 0 Å². The van der Waals surface area contributed by atoms with Crippen molar-refractivity contribution in [3.05, 3.63) is 12.2 Å². The van der Waals surface area contributed by atoms with Gasteiger partial charge in [0.25, 0.3) is 0 Å². The second-order valence-electron chi connectivity index (χ2n) is 5.40. The van der Waals surface area contributed by atoms with E-state index in [1.54, 1.807) is 20.8 Å². The predicted molar refractivity (Wildman–Crippen MR) is 61.8 cm³/mol. The highest BCUT2D eigenvalue weighted by molar-refractivity contribution is 5.86. The maximum Gasteiger partial charge on any atom is 0.333 e. The molecule has 0 aliphatic heterocycles. The molecule has 0 bridgehead atoms. The summed E-state index contributed by atoms with van der Waals surface area (Å²) >= 11 is 0. The van der Waals surface area contributed by atoms with E-state index in [1.165, 1.54) is 0 Å². The second-order valence-corrected chi connectivity index (χ2v) is 5.40. The van der Waals surface area contributed by atoms with Gasteiger partial charge in [0.15, 0.2) is 0 Å². The van der Waals surface area contributed by atoms with E-state index in [9.17, 15) is 4.79 Å². The van der Waals surface area contributed by atoms with Crippen LogP contribution >= 0.6 is 0 Å². The Bertz CT molecular complexity index is 261. The van der Waals surface area contributed by atoms with Crippen LogP contribution in [-0.4, -0.2) is 23.8 Å². The summed E-state index contributed by atoms with van der Waals surface area (Å²) in [5.74, 6) is -0.424. The number of esters is 1. The van der Waals surface area contributed by atoms with Crippen molar-refractivity contribution in [1.82, 2.24) is 0 Å². The standard InChI is InChI=1S/C12H22O4/c1-9(2)10(13)14-8-12(6,7)16-15-11(3,4)5/h1,8H2,2-7H3. The van der Waals surface area contributed by atoms with Crippen molar-refractivity contribution in [3.63, 3.8) is 0 Å². The van der Waals surface area contributed by atoms with E-state index in [0.717, 1.165) is 0 Å². The molecule has 0 aliphatic carbocycles. The third-order valence-electron chi connectivity index (χ3n) is 1.42. The predicted octanol–water partition coefficient (Wildman–Crippen LogP) is 2.63. The Balaban J connectivity index is 4.05. The largest absolute Gasteiger partial charge is 0.459 e. The molecular formula is C12H22O4. The summed E-state index contributed by atoms with van der Waals surface area (Å²) in [4.78, 5) is 21.6. The molecule has 0 unspecified atom stereocenters. The number of ether oxygens (including phenoxy) is 1. The van der Waals surface area contributed by atoms with Crippen LogP contribution in [-0.2, 0) is 19.3 Å². The minimum Gasteiger partial charge on any atom is -0.459 e. The van der Waals surface area contributed by atoms with Gasteiger partial charge in [-0.15, -0.1) is 0 Å². The lowest BCUT2D eigenvalue weighted by Crippen LogP contribution is -2.35. The van der Waals surface area contributed by atoms with Gasteiger partial charge in [0.1, 0.15) is 12.2 Å². The molecule has 0 spiro atoms. The van der Waals surface area contributed by atoms with E-state index >= 15 is 0 Å². The molecule has 0 saturated carbocycles. The van der Waals surface area contributed by atoms with Crippen LogP contribution in [0.15, 0.2) is 12.2 Å². The van der Waals surface area contributed by atoms with Crippen molar-refractivity contribution < 1.29 is 19.3 Å². The van der Waals surface area contributed by atoms with Crippen LogP contribution in [0.25, 0.3) is 0 Å². The van der Waals surface area contributed by atoms with Crippen molar-refractivity contribution >= 4 is 5.97 Å². The first kappa shape index (κ1) is 15.1. The molecule has 0 N–H and O–H groups in total. The molecule has 0 amide bonds. The van der Waals surface area contributed by atoms with Crippen molar-refractivity contribution in [3.8, 4) is 0 Å². The first-order valence-electron chi connectivity index (χ1n) is 5.23. The zero-order chi connectivity index (χ0) is 13.0. The summed E-state index contributed by atoms with van der Waals surface area (Å²) in [6.45, 7) is 14.4. The van der Waals surface area contributed by atoms with Crippen molar-refractivity contribution in [2.45, 2.75) is 52.7 Å². The van der Waals surface area contributed by atoms with Gasteiger partial charge >= 0.3 is 5.97 Å². The Morgan fingerprint density at radius 2 is 1.62 bits per heavy atom. The molecule has 4 nitrogen and oxygen atoms in total. The molecule has 0 atom stereocenters. The Morgan fingerprint density at radius 3 is 2.00 bits per heavy atom. The van der Waals surface area contributed by atoms with Crippen LogP contribution in [0.2, 0.25) is 0 Å². The molecule has 16 heavy (non-hydrogen) atoms. The number of hydrogen-bond donors (Lipinski definition) is 0. The third kappa shape index (κ3) is 7.43. The number of hydrogen-bond acceptors (Lipinski definition) is 4. The molecule has 0 aromatic rings. The summed E-state index contributed by atoms with van der Waals surface area (Å²) in [6, 6.07) is 0. The first-order chi connectivity index (χ1) is 7.03. The van der Waals surface area contributed by atoms with Gasteiger partial charge in [0, 0.05) is 5.57 Å². The molecule has 0 fully saturated rings. The monoisotopic (exact) mass is 230 g/mol. The van der Waals surface area contributed by atoms with Crippen molar-refractivity contribution in [1.29, 1.82) is 0 Å². The van der Waals surface area contributed by atoms with E-state index in [2.05, 4.69) is 6.58 Å². The smallest absolute Gasteiger partial charge is 0.333 e. The molecule has 0 heterocycles. The zero-order valence-corrected chi connectivity index (χ0v) is 11.0. The fraction of sp³-hybridized carbons (Fsp3) is 0.750. The summed E-state index contributed by atoms with van der Waals surface area (Å²) in [7, 11) is 0. The summed E-state index contributed by atoms with van der Waals surface area (Å²) in [6.07, 6.45) is 0. The summed E-state index contributed by atoms with van der Waals surface area (Å²) in [5.41, 5.74) is -0.707. The quantitative estimate of drug-likeness (QED) is 0.315. The third-order valence-corrected chi connectivity index (χ3v) is 1.42. The van der Waals surface area contributed by atoms with Crippen molar-refractivity contribution in [2.24, 2.45) is 0 Å². The summed E-state index contributed by atoms with van der Waals surface area (Å²) in [5, 5.41) is 0. The van der Waals surface area contributed by atoms with Crippen LogP contribution in [0.4, 0.5) is 0 Å². The average molecular weight is 230 g/mol. The Morgan fingerprint density at radius 1 is 1.12 bits per heavy atom. The molecule has 0 radical (unpaired) electrons. The topological polar surface area (TPSA) is 44.8 Å². The van der Waals surface area contributed by atoms with Gasteiger partial charge in [-0.1, -0.05) is 6.58 Å². The van der Waals surface area contributed by atoms with Crippen molar-refractivity contribution in [2.75, 3.05) is 6.61 Å². The van der Waals surface area contributed by atoms with E-state index < -0.39 is 17.2 Å². The minimum absolute atomic E-state index is 0.120. The van der Waals surface area contributed by atoms with Gasteiger partial charge in [0.05, 0.1) is 5.60 Å². The highest BCUT2D eigenvalue weighted by atomic mass is 17.2. The molecular weight excluding hydrogens is 208 g/mol. The number of carbonyl (C=O) groups is 1. The van der Waals surface area contributed by atoms with Crippen LogP contribution in [0, 0.1) is 0 Å². The Hall–Kier alpha value is -0.870. The van der Waals surface area contributed by atoms with Gasteiger partial charge < -0.3 is 4.74 Å². The summed E-state index contributed by atoms with van der Waals surface area (Å²) < 4.78 is 4.99. The van der Waals surface area contributed by atoms with Crippen LogP contribution in [0.3, 0.4) is 0 Å². The SMILES string of the molecule is C=C(C)C(=O)OCC(C)(C)OOC(C)(C)C. The normalized spacial score (nSPS) is 12.4. The molecule has 94 valence electrons. The molecule has 0 rings (SSSR count). The molecule has 0 aromatic carbocycles. The Kier molecular flexibility index (Phi) is 5.16. The fourth-order valence-corrected chi connectivity index (χ4v) is 0.624. The maximum atomic E-state index is 11.2. The van der Waals surface area contributed by atoms with E-state index in [-0.39, 0.29) is 6.61 Å². The van der Waals surface area contributed by atoms with Gasteiger partial charge in [0.2, 0.25) is 0 Å². The average Bonchev–Trinajstić information content (AvgIpc) is 2.10. The minimum atomic E-state index is -0.682. The highest BCUT2D eigenvalue weighted by Gasteiger charge is 2.25. The number of carbonyl (C=O) groups excluding carboxylic acids is 1. The van der Waals surface area contributed by atoms with Gasteiger partial charge in [-0.05, 0) is 41.5 Å².